The van der Waals surface area contributed by atoms with Gasteiger partial charge in [-0.05, 0) is 0 Å². The van der Waals surface area contributed by atoms with E-state index in [1.54, 1.807) is 0 Å². The van der Waals surface area contributed by atoms with E-state index in [1.807, 2.05) is 0 Å². The molecule has 1 aromatic heterocycles. The molecule has 1 fully saturated rings. The highest BCUT2D eigenvalue weighted by atomic mass is 31.3. The van der Waals surface area contributed by atoms with Crippen LogP contribution in [0.3, 0.4) is 0 Å². The quantitative estimate of drug-likeness (QED) is 0.145. The summed E-state index contributed by atoms with van der Waals surface area (Å²) in [5.41, 5.74) is -0.341. The van der Waals surface area contributed by atoms with Crippen LogP contribution in [0.2, 0.25) is 0 Å². The number of phosphoric ester groups is 1. The number of nitrogens with zero attached hydrogens (tertiary/aromatic N) is 2. The maximum Gasteiger partial charge on any atom is 0.490 e. The van der Waals surface area contributed by atoms with Gasteiger partial charge in [-0.15, -0.1) is 0 Å². The van der Waals surface area contributed by atoms with Gasteiger partial charge in [-0.1, -0.05) is 0 Å². The van der Waals surface area contributed by atoms with Crippen LogP contribution in [-0.4, -0.2) is 64.2 Å². The van der Waals surface area contributed by atoms with Crippen molar-refractivity contribution in [2.45, 2.75) is 24.5 Å². The Kier molecular flexibility index (Phi) is 7.20. The normalized spacial score (nSPS) is 29.3. The molecule has 0 aliphatic carbocycles. The van der Waals surface area contributed by atoms with Crippen LogP contribution in [0.4, 0.5) is 5.69 Å². The first-order valence-corrected chi connectivity index (χ1v) is 11.7. The van der Waals surface area contributed by atoms with Gasteiger partial charge < -0.3 is 39.1 Å². The van der Waals surface area contributed by atoms with Crippen molar-refractivity contribution in [2.24, 2.45) is 0 Å². The second-order valence-electron chi connectivity index (χ2n) is 5.51. The minimum atomic E-state index is -5.71. The third-order valence-corrected chi connectivity index (χ3v) is 7.16. The highest BCUT2D eigenvalue weighted by molar-refractivity contribution is 7.66. The van der Waals surface area contributed by atoms with Crippen LogP contribution in [0.15, 0.2) is 18.5 Å². The lowest BCUT2D eigenvalue weighted by Crippen LogP contribution is -2.33. The molecular weight excluding hydrogens is 469 g/mol. The van der Waals surface area contributed by atoms with Crippen LogP contribution in [0.1, 0.15) is 6.23 Å². The molecule has 6 N–H and O–H groups in total. The Hall–Kier alpha value is -1.03. The summed E-state index contributed by atoms with van der Waals surface area (Å²) in [7, 11) is -16.7. The summed E-state index contributed by atoms with van der Waals surface area (Å²) < 4.78 is 51.0. The zero-order valence-electron chi connectivity index (χ0n) is 13.8. The Labute approximate surface area is 160 Å². The first kappa shape index (κ1) is 24.2. The van der Waals surface area contributed by atoms with Crippen molar-refractivity contribution in [1.29, 1.82) is 0 Å². The summed E-state index contributed by atoms with van der Waals surface area (Å²) in [5.74, 6) is 0. The molecule has 0 amide bonds. The highest BCUT2D eigenvalue weighted by Crippen LogP contribution is 2.66. The average Bonchev–Trinajstić information content (AvgIpc) is 3.09. The van der Waals surface area contributed by atoms with Gasteiger partial charge in [0.1, 0.15) is 18.3 Å². The summed E-state index contributed by atoms with van der Waals surface area (Å²) in [6, 6.07) is 1.09. The lowest BCUT2D eigenvalue weighted by molar-refractivity contribution is -0.384. The molecule has 0 bridgehead atoms. The molecule has 0 saturated carbocycles. The van der Waals surface area contributed by atoms with Gasteiger partial charge in [-0.25, -0.2) is 13.7 Å². The SMILES string of the molecule is O=[N+]([O-])c1ccn([C@@H]2O[C@H](COP(=O)(O)OP(=O)(O)OP(=O)(O)O)[C@@H](O)[C@H]2O)c1. The molecule has 0 radical (unpaired) electrons. The van der Waals surface area contributed by atoms with Crippen molar-refractivity contribution in [3.8, 4) is 0 Å². The predicted molar refractivity (Wildman–Crippen MR) is 86.8 cm³/mol. The van der Waals surface area contributed by atoms with Gasteiger partial charge in [0.15, 0.2) is 6.23 Å². The van der Waals surface area contributed by atoms with E-state index in [0.717, 1.165) is 16.8 Å². The summed E-state index contributed by atoms with van der Waals surface area (Å²) in [6.07, 6.45) is -4.03. The molecule has 6 atom stereocenters. The summed E-state index contributed by atoms with van der Waals surface area (Å²) in [6.45, 7) is -0.998. The molecule has 29 heavy (non-hydrogen) atoms. The predicted octanol–water partition coefficient (Wildman–Crippen LogP) is -0.641. The molecule has 166 valence electrons. The number of aliphatic hydroxyl groups excluding tert-OH is 2. The highest BCUT2D eigenvalue weighted by Gasteiger charge is 2.46. The lowest BCUT2D eigenvalue weighted by Gasteiger charge is -2.19. The zero-order valence-corrected chi connectivity index (χ0v) is 16.5. The molecule has 0 spiro atoms. The number of aliphatic hydroxyl groups is 2. The van der Waals surface area contributed by atoms with Gasteiger partial charge in [0.25, 0.3) is 5.69 Å². The second kappa shape index (κ2) is 8.61. The first-order chi connectivity index (χ1) is 13.1. The van der Waals surface area contributed by atoms with Gasteiger partial charge in [-0.3, -0.25) is 14.6 Å². The molecule has 1 aromatic rings. The molecule has 2 rings (SSSR count). The van der Waals surface area contributed by atoms with Crippen LogP contribution in [0.5, 0.6) is 0 Å². The largest absolute Gasteiger partial charge is 0.490 e. The van der Waals surface area contributed by atoms with Crippen LogP contribution >= 0.6 is 23.5 Å². The molecule has 17 nitrogen and oxygen atoms in total. The number of nitro groups is 1. The fraction of sp³-hybridized carbons (Fsp3) is 0.556. The van der Waals surface area contributed by atoms with Gasteiger partial charge >= 0.3 is 23.5 Å². The van der Waals surface area contributed by atoms with Gasteiger partial charge in [0.2, 0.25) is 0 Å². The Morgan fingerprint density at radius 1 is 1.10 bits per heavy atom. The lowest BCUT2D eigenvalue weighted by atomic mass is 10.1. The van der Waals surface area contributed by atoms with Crippen LogP contribution in [0, 0.1) is 10.1 Å². The summed E-state index contributed by atoms with van der Waals surface area (Å²) >= 11 is 0. The van der Waals surface area contributed by atoms with Crippen molar-refractivity contribution < 1.29 is 66.3 Å². The molecule has 1 aliphatic heterocycles. The molecular formula is C9H15N2O15P3. The minimum absolute atomic E-state index is 0.341. The number of phosphoric acid groups is 3. The van der Waals surface area contributed by atoms with Gasteiger partial charge in [0, 0.05) is 12.3 Å². The van der Waals surface area contributed by atoms with Gasteiger partial charge in [0.05, 0.1) is 17.7 Å². The monoisotopic (exact) mass is 484 g/mol. The van der Waals surface area contributed by atoms with E-state index in [0.29, 0.717) is 0 Å². The molecule has 0 aromatic carbocycles. The maximum atomic E-state index is 11.7. The number of aromatic nitrogens is 1. The topological polar surface area (TPSA) is 258 Å². The van der Waals surface area contributed by atoms with Crippen molar-refractivity contribution in [3.63, 3.8) is 0 Å². The average molecular weight is 484 g/mol. The van der Waals surface area contributed by atoms with Crippen molar-refractivity contribution in [1.82, 2.24) is 4.57 Å². The van der Waals surface area contributed by atoms with Crippen LogP contribution in [0.25, 0.3) is 0 Å². The molecule has 2 heterocycles. The minimum Gasteiger partial charge on any atom is -0.387 e. The van der Waals surface area contributed by atoms with E-state index in [2.05, 4.69) is 13.1 Å². The molecule has 1 aliphatic rings. The number of ether oxygens (including phenoxy) is 1. The number of rotatable bonds is 9. The Morgan fingerprint density at radius 3 is 2.24 bits per heavy atom. The zero-order chi connectivity index (χ0) is 22.2. The smallest absolute Gasteiger partial charge is 0.387 e. The molecule has 20 heteroatoms. The maximum absolute atomic E-state index is 11.7. The summed E-state index contributed by atoms with van der Waals surface area (Å²) in [4.78, 5) is 45.2. The van der Waals surface area contributed by atoms with E-state index >= 15 is 0 Å². The van der Waals surface area contributed by atoms with Crippen LogP contribution < -0.4 is 0 Å². The van der Waals surface area contributed by atoms with E-state index < -0.39 is 59.5 Å². The third-order valence-electron chi connectivity index (χ3n) is 3.36. The fourth-order valence-corrected chi connectivity index (χ4v) is 5.28. The fourth-order valence-electron chi connectivity index (χ4n) is 2.25. The van der Waals surface area contributed by atoms with E-state index in [9.17, 15) is 38.9 Å². The van der Waals surface area contributed by atoms with Crippen molar-refractivity contribution in [2.75, 3.05) is 6.61 Å². The second-order valence-corrected chi connectivity index (χ2v) is 9.93. The Bertz CT molecular complexity index is 895. The van der Waals surface area contributed by atoms with E-state index in [-0.39, 0.29) is 5.69 Å². The van der Waals surface area contributed by atoms with Crippen molar-refractivity contribution >= 4 is 29.2 Å². The number of hydrogen-bond donors (Lipinski definition) is 6. The summed E-state index contributed by atoms with van der Waals surface area (Å²) in [5, 5.41) is 30.6. The van der Waals surface area contributed by atoms with E-state index in [1.165, 1.54) is 6.20 Å². The Morgan fingerprint density at radius 2 is 1.72 bits per heavy atom. The Balaban J connectivity index is 2.01. The molecule has 2 unspecified atom stereocenters. The van der Waals surface area contributed by atoms with Gasteiger partial charge in [-0.2, -0.15) is 8.62 Å². The molecule has 1 saturated heterocycles. The first-order valence-electron chi connectivity index (χ1n) is 7.22. The van der Waals surface area contributed by atoms with Crippen molar-refractivity contribution in [3.05, 3.63) is 28.6 Å². The van der Waals surface area contributed by atoms with E-state index in [4.69, 9.17) is 19.4 Å². The standard InChI is InChI=1S/C9H15N2O15P3/c12-7-6(4-23-28(19,20)26-29(21,22)25-27(16,17)18)24-9(8(7)13)10-2-1-5(3-10)11(14)15/h1-3,6-9,12-13H,4H2,(H,19,20)(H,21,22)(H2,16,17,18)/t6-,7-,8-,9-/m1/s1. The number of hydrogen-bond acceptors (Lipinski definition) is 11. The third kappa shape index (κ3) is 6.73. The van der Waals surface area contributed by atoms with Crippen LogP contribution in [-0.2, 0) is 31.6 Å².